The number of likely N-dealkylation sites (tertiary alicyclic amines) is 1. The zero-order valence-corrected chi connectivity index (χ0v) is 12.2. The standard InChI is InChI=1S/C14H29N3O/c1-14(2)11-13(16-8-5-15-6-9-16)12-17(14)7-4-10-18-3/h13,15H,4-12H2,1-3H3. The summed E-state index contributed by atoms with van der Waals surface area (Å²) in [5, 5.41) is 3.44. The second kappa shape index (κ2) is 6.33. The first-order valence-corrected chi connectivity index (χ1v) is 7.32. The van der Waals surface area contributed by atoms with E-state index in [1.807, 2.05) is 0 Å². The van der Waals surface area contributed by atoms with Gasteiger partial charge in [-0.3, -0.25) is 9.80 Å². The molecule has 1 N–H and O–H groups in total. The third kappa shape index (κ3) is 3.44. The number of ether oxygens (including phenoxy) is 1. The van der Waals surface area contributed by atoms with Gasteiger partial charge in [-0.2, -0.15) is 0 Å². The van der Waals surface area contributed by atoms with Gasteiger partial charge in [0.25, 0.3) is 0 Å². The molecule has 106 valence electrons. The van der Waals surface area contributed by atoms with Crippen molar-refractivity contribution in [3.8, 4) is 0 Å². The fraction of sp³-hybridized carbons (Fsp3) is 1.00. The highest BCUT2D eigenvalue weighted by molar-refractivity contribution is 4.97. The Morgan fingerprint density at radius 2 is 2.00 bits per heavy atom. The van der Waals surface area contributed by atoms with Crippen LogP contribution in [0, 0.1) is 0 Å². The Kier molecular flexibility index (Phi) is 5.01. The fourth-order valence-corrected chi connectivity index (χ4v) is 3.36. The number of nitrogens with zero attached hydrogens (tertiary/aromatic N) is 2. The van der Waals surface area contributed by atoms with E-state index in [9.17, 15) is 0 Å². The molecule has 2 rings (SSSR count). The van der Waals surface area contributed by atoms with Crippen LogP contribution in [0.3, 0.4) is 0 Å². The molecule has 0 bridgehead atoms. The Hall–Kier alpha value is -0.160. The van der Waals surface area contributed by atoms with Crippen molar-refractivity contribution in [1.29, 1.82) is 0 Å². The van der Waals surface area contributed by atoms with E-state index in [0.717, 1.165) is 32.2 Å². The molecule has 2 aliphatic rings. The smallest absolute Gasteiger partial charge is 0.0474 e. The van der Waals surface area contributed by atoms with Gasteiger partial charge in [-0.1, -0.05) is 0 Å². The highest BCUT2D eigenvalue weighted by atomic mass is 16.5. The molecule has 4 nitrogen and oxygen atoms in total. The maximum absolute atomic E-state index is 5.17. The van der Waals surface area contributed by atoms with Crippen LogP contribution in [0.15, 0.2) is 0 Å². The molecule has 2 aliphatic heterocycles. The summed E-state index contributed by atoms with van der Waals surface area (Å²) in [6.45, 7) is 12.8. The Bertz CT molecular complexity index is 251. The Morgan fingerprint density at radius 1 is 1.28 bits per heavy atom. The Labute approximate surface area is 112 Å². The summed E-state index contributed by atoms with van der Waals surface area (Å²) in [6.07, 6.45) is 2.45. The number of piperazine rings is 1. The van der Waals surface area contributed by atoms with Crippen LogP contribution in [0.4, 0.5) is 0 Å². The maximum atomic E-state index is 5.17. The Balaban J connectivity index is 1.85. The van der Waals surface area contributed by atoms with Gasteiger partial charge in [0.05, 0.1) is 0 Å². The highest BCUT2D eigenvalue weighted by Crippen LogP contribution is 2.31. The first-order chi connectivity index (χ1) is 8.63. The SMILES string of the molecule is COCCCN1CC(N2CCNCC2)CC1(C)C. The molecule has 4 heteroatoms. The third-order valence-electron chi connectivity index (χ3n) is 4.47. The number of nitrogens with one attached hydrogen (secondary N) is 1. The quantitative estimate of drug-likeness (QED) is 0.735. The Morgan fingerprint density at radius 3 is 2.67 bits per heavy atom. The van der Waals surface area contributed by atoms with E-state index < -0.39 is 0 Å². The van der Waals surface area contributed by atoms with Crippen molar-refractivity contribution >= 4 is 0 Å². The summed E-state index contributed by atoms with van der Waals surface area (Å²) in [4.78, 5) is 5.33. The lowest BCUT2D eigenvalue weighted by Gasteiger charge is -2.32. The van der Waals surface area contributed by atoms with Gasteiger partial charge < -0.3 is 10.1 Å². The zero-order chi connectivity index (χ0) is 13.0. The van der Waals surface area contributed by atoms with E-state index in [1.54, 1.807) is 7.11 Å². The molecular formula is C14H29N3O. The molecular weight excluding hydrogens is 226 g/mol. The minimum atomic E-state index is 0.350. The van der Waals surface area contributed by atoms with Gasteiger partial charge in [0.2, 0.25) is 0 Å². The average molecular weight is 255 g/mol. The van der Waals surface area contributed by atoms with Crippen LogP contribution in [-0.4, -0.2) is 74.4 Å². The van der Waals surface area contributed by atoms with Crippen molar-refractivity contribution in [1.82, 2.24) is 15.1 Å². The van der Waals surface area contributed by atoms with Crippen molar-refractivity contribution in [3.05, 3.63) is 0 Å². The predicted molar refractivity (Wildman–Crippen MR) is 75.0 cm³/mol. The second-order valence-corrected chi connectivity index (χ2v) is 6.25. The van der Waals surface area contributed by atoms with E-state index >= 15 is 0 Å². The molecule has 1 unspecified atom stereocenters. The molecule has 0 aliphatic carbocycles. The van der Waals surface area contributed by atoms with Gasteiger partial charge in [-0.15, -0.1) is 0 Å². The van der Waals surface area contributed by atoms with Crippen molar-refractivity contribution in [2.45, 2.75) is 38.3 Å². The van der Waals surface area contributed by atoms with Gasteiger partial charge in [-0.25, -0.2) is 0 Å². The monoisotopic (exact) mass is 255 g/mol. The molecule has 0 aromatic rings. The van der Waals surface area contributed by atoms with Gasteiger partial charge >= 0.3 is 0 Å². The van der Waals surface area contributed by atoms with Crippen LogP contribution in [0.1, 0.15) is 26.7 Å². The molecule has 2 fully saturated rings. The summed E-state index contributed by atoms with van der Waals surface area (Å²) < 4.78 is 5.17. The molecule has 18 heavy (non-hydrogen) atoms. The van der Waals surface area contributed by atoms with Crippen LogP contribution in [0.2, 0.25) is 0 Å². The molecule has 1 atom stereocenters. The summed E-state index contributed by atoms with van der Waals surface area (Å²) in [6, 6.07) is 0.754. The molecule has 0 amide bonds. The molecule has 0 radical (unpaired) electrons. The third-order valence-corrected chi connectivity index (χ3v) is 4.47. The first kappa shape index (κ1) is 14.3. The topological polar surface area (TPSA) is 27.7 Å². The lowest BCUT2D eigenvalue weighted by Crippen LogP contribution is -2.49. The highest BCUT2D eigenvalue weighted by Gasteiger charge is 2.40. The second-order valence-electron chi connectivity index (χ2n) is 6.25. The summed E-state index contributed by atoms with van der Waals surface area (Å²) in [5.41, 5.74) is 0.350. The molecule has 2 saturated heterocycles. The van der Waals surface area contributed by atoms with Crippen LogP contribution in [0.25, 0.3) is 0 Å². The van der Waals surface area contributed by atoms with E-state index in [4.69, 9.17) is 4.74 Å². The molecule has 0 aromatic heterocycles. The minimum Gasteiger partial charge on any atom is -0.385 e. The van der Waals surface area contributed by atoms with Gasteiger partial charge in [0.15, 0.2) is 0 Å². The van der Waals surface area contributed by atoms with Crippen molar-refractivity contribution in [3.63, 3.8) is 0 Å². The van der Waals surface area contributed by atoms with E-state index in [1.165, 1.54) is 32.6 Å². The lowest BCUT2D eigenvalue weighted by atomic mass is 9.99. The number of rotatable bonds is 5. The average Bonchev–Trinajstić information content (AvgIpc) is 2.67. The fourth-order valence-electron chi connectivity index (χ4n) is 3.36. The van der Waals surface area contributed by atoms with Gasteiger partial charge in [-0.05, 0) is 26.7 Å². The summed E-state index contributed by atoms with van der Waals surface area (Å²) in [5.74, 6) is 0. The normalized spacial score (nSPS) is 29.8. The van der Waals surface area contributed by atoms with Crippen molar-refractivity contribution < 1.29 is 4.74 Å². The lowest BCUT2D eigenvalue weighted by molar-refractivity contribution is 0.134. The number of methoxy groups -OCH3 is 1. The molecule has 0 spiro atoms. The van der Waals surface area contributed by atoms with E-state index in [2.05, 4.69) is 29.0 Å². The first-order valence-electron chi connectivity index (χ1n) is 7.32. The van der Waals surface area contributed by atoms with E-state index in [-0.39, 0.29) is 0 Å². The number of hydrogen-bond acceptors (Lipinski definition) is 4. The van der Waals surface area contributed by atoms with Crippen LogP contribution in [0.5, 0.6) is 0 Å². The van der Waals surface area contributed by atoms with Crippen molar-refractivity contribution in [2.24, 2.45) is 0 Å². The predicted octanol–water partition coefficient (Wildman–Crippen LogP) is 0.781. The van der Waals surface area contributed by atoms with Crippen LogP contribution >= 0.6 is 0 Å². The largest absolute Gasteiger partial charge is 0.385 e. The zero-order valence-electron chi connectivity index (χ0n) is 12.2. The molecule has 0 aromatic carbocycles. The van der Waals surface area contributed by atoms with Crippen molar-refractivity contribution in [2.75, 3.05) is 53.0 Å². The van der Waals surface area contributed by atoms with Crippen LogP contribution in [-0.2, 0) is 4.74 Å². The molecule has 0 saturated carbocycles. The van der Waals surface area contributed by atoms with Crippen LogP contribution < -0.4 is 5.32 Å². The van der Waals surface area contributed by atoms with Gasteiger partial charge in [0.1, 0.15) is 0 Å². The molecule has 2 heterocycles. The maximum Gasteiger partial charge on any atom is 0.0474 e. The van der Waals surface area contributed by atoms with Gasteiger partial charge in [0, 0.05) is 64.6 Å². The minimum absolute atomic E-state index is 0.350. The number of hydrogen-bond donors (Lipinski definition) is 1. The summed E-state index contributed by atoms with van der Waals surface area (Å²) >= 11 is 0. The summed E-state index contributed by atoms with van der Waals surface area (Å²) in [7, 11) is 1.79. The van der Waals surface area contributed by atoms with E-state index in [0.29, 0.717) is 5.54 Å².